The summed E-state index contributed by atoms with van der Waals surface area (Å²) in [6, 6.07) is 0. The molecule has 0 fully saturated rings. The molecule has 0 saturated carbocycles. The Morgan fingerprint density at radius 3 is 3.09 bits per heavy atom. The smallest absolute Gasteiger partial charge is 0.150 e. The summed E-state index contributed by atoms with van der Waals surface area (Å²) < 4.78 is 1.91. The van der Waals surface area contributed by atoms with Gasteiger partial charge in [0.2, 0.25) is 0 Å². The van der Waals surface area contributed by atoms with Crippen LogP contribution in [0.2, 0.25) is 0 Å². The lowest BCUT2D eigenvalue weighted by Gasteiger charge is -1.96. The van der Waals surface area contributed by atoms with Gasteiger partial charge < -0.3 is 4.57 Å². The molecular weight excluding hydrogens is 138 g/mol. The van der Waals surface area contributed by atoms with Gasteiger partial charge in [-0.1, -0.05) is 6.08 Å². The Labute approximate surface area is 65.7 Å². The van der Waals surface area contributed by atoms with Crippen molar-refractivity contribution in [2.45, 2.75) is 6.92 Å². The summed E-state index contributed by atoms with van der Waals surface area (Å²) in [5, 5.41) is 0. The third-order valence-corrected chi connectivity index (χ3v) is 1.31. The van der Waals surface area contributed by atoms with Crippen LogP contribution in [0, 0.1) is 0 Å². The first-order valence-electron chi connectivity index (χ1n) is 3.46. The molecule has 0 N–H and O–H groups in total. The van der Waals surface area contributed by atoms with Crippen molar-refractivity contribution < 1.29 is 0 Å². The van der Waals surface area contributed by atoms with Crippen LogP contribution in [-0.4, -0.2) is 16.6 Å². The van der Waals surface area contributed by atoms with Crippen LogP contribution in [0.1, 0.15) is 6.92 Å². The van der Waals surface area contributed by atoms with Crippen molar-refractivity contribution in [3.63, 3.8) is 0 Å². The normalized spacial score (nSPS) is 12.7. The minimum atomic E-state index is 0.852. The highest BCUT2D eigenvalue weighted by Gasteiger charge is 1.83. The van der Waals surface area contributed by atoms with E-state index in [1.807, 2.05) is 30.0 Å². The van der Waals surface area contributed by atoms with E-state index in [4.69, 9.17) is 0 Å². The van der Waals surface area contributed by atoms with Crippen LogP contribution in [0.5, 0.6) is 0 Å². The van der Waals surface area contributed by atoms with Gasteiger partial charge >= 0.3 is 0 Å². The molecule has 1 aromatic rings. The first kappa shape index (κ1) is 7.72. The highest BCUT2D eigenvalue weighted by Crippen LogP contribution is 1.79. The third-order valence-electron chi connectivity index (χ3n) is 1.31. The average molecular weight is 149 g/mol. The molecule has 1 heterocycles. The Morgan fingerprint density at radius 2 is 2.45 bits per heavy atom. The Morgan fingerprint density at radius 1 is 1.64 bits per heavy atom. The summed E-state index contributed by atoms with van der Waals surface area (Å²) >= 11 is 0. The Hall–Kier alpha value is -1.38. The molecule has 0 spiro atoms. The lowest BCUT2D eigenvalue weighted by molar-refractivity contribution is 0.952. The van der Waals surface area contributed by atoms with E-state index in [9.17, 15) is 0 Å². The zero-order chi connectivity index (χ0) is 8.10. The van der Waals surface area contributed by atoms with E-state index < -0.39 is 0 Å². The molecule has 0 unspecified atom stereocenters. The van der Waals surface area contributed by atoms with Crippen molar-refractivity contribution in [3.05, 3.63) is 30.2 Å². The first-order chi connectivity index (χ1) is 5.38. The molecule has 0 radical (unpaired) electrons. The quantitative estimate of drug-likeness (QED) is 0.583. The van der Waals surface area contributed by atoms with E-state index in [-0.39, 0.29) is 0 Å². The van der Waals surface area contributed by atoms with Crippen LogP contribution < -0.4 is 5.49 Å². The van der Waals surface area contributed by atoms with E-state index in [2.05, 4.69) is 9.98 Å². The lowest BCUT2D eigenvalue weighted by Crippen LogP contribution is -2.15. The number of rotatable bonds is 1. The molecule has 58 valence electrons. The van der Waals surface area contributed by atoms with Gasteiger partial charge in [0.1, 0.15) is 5.49 Å². The monoisotopic (exact) mass is 149 g/mol. The van der Waals surface area contributed by atoms with Gasteiger partial charge in [-0.25, -0.2) is 0 Å². The largest absolute Gasteiger partial charge is 0.306 e. The van der Waals surface area contributed by atoms with Crippen LogP contribution in [0.25, 0.3) is 6.20 Å². The van der Waals surface area contributed by atoms with E-state index in [0.29, 0.717) is 0 Å². The molecule has 3 heteroatoms. The summed E-state index contributed by atoms with van der Waals surface area (Å²) in [6.07, 6.45) is 9.20. The van der Waals surface area contributed by atoms with Crippen molar-refractivity contribution in [2.24, 2.45) is 4.99 Å². The van der Waals surface area contributed by atoms with Gasteiger partial charge in [0, 0.05) is 25.6 Å². The van der Waals surface area contributed by atoms with Crippen molar-refractivity contribution in [2.75, 3.05) is 7.05 Å². The van der Waals surface area contributed by atoms with Crippen LogP contribution in [0.15, 0.2) is 29.7 Å². The van der Waals surface area contributed by atoms with Crippen molar-refractivity contribution in [1.82, 2.24) is 9.55 Å². The highest BCUT2D eigenvalue weighted by atomic mass is 15.0. The van der Waals surface area contributed by atoms with Crippen LogP contribution in [0.3, 0.4) is 0 Å². The standard InChI is InChI=1S/C8H11N3/c1-3-5-11-6-4-10-7-8(11)9-2/h3-7H,1-2H3/b5-3-,9-8-. The van der Waals surface area contributed by atoms with Gasteiger partial charge in [-0.2, -0.15) is 0 Å². The van der Waals surface area contributed by atoms with Crippen LogP contribution in [0.4, 0.5) is 0 Å². The Bertz CT molecular complexity index is 309. The second-order valence-corrected chi connectivity index (χ2v) is 2.05. The molecule has 1 aromatic heterocycles. The maximum atomic E-state index is 4.04. The average Bonchev–Trinajstić information content (AvgIpc) is 2.06. The molecule has 0 bridgehead atoms. The first-order valence-corrected chi connectivity index (χ1v) is 3.46. The van der Waals surface area contributed by atoms with Crippen molar-refractivity contribution in [3.8, 4) is 0 Å². The van der Waals surface area contributed by atoms with Gasteiger partial charge in [-0.05, 0) is 6.92 Å². The minimum absolute atomic E-state index is 0.852. The Balaban J connectivity index is 3.24. The summed E-state index contributed by atoms with van der Waals surface area (Å²) in [5.41, 5.74) is 0.852. The Kier molecular flexibility index (Phi) is 2.60. The molecular formula is C8H11N3. The van der Waals surface area contributed by atoms with E-state index in [0.717, 1.165) is 5.49 Å². The SMILES string of the molecule is C/C=C\n1ccnc/c1=N/C. The molecule has 3 nitrogen and oxygen atoms in total. The van der Waals surface area contributed by atoms with Gasteiger partial charge in [0.05, 0.1) is 6.20 Å². The number of nitrogens with zero attached hydrogens (tertiary/aromatic N) is 3. The van der Waals surface area contributed by atoms with Crippen LogP contribution >= 0.6 is 0 Å². The molecule has 0 aliphatic rings. The second kappa shape index (κ2) is 3.71. The van der Waals surface area contributed by atoms with Gasteiger partial charge in [-0.15, -0.1) is 0 Å². The predicted molar refractivity (Wildman–Crippen MR) is 44.7 cm³/mol. The van der Waals surface area contributed by atoms with E-state index >= 15 is 0 Å². The van der Waals surface area contributed by atoms with Crippen molar-refractivity contribution in [1.29, 1.82) is 0 Å². The zero-order valence-electron chi connectivity index (χ0n) is 6.73. The molecule has 0 aliphatic carbocycles. The maximum Gasteiger partial charge on any atom is 0.150 e. The summed E-state index contributed by atoms with van der Waals surface area (Å²) in [4.78, 5) is 7.99. The van der Waals surface area contributed by atoms with Crippen LogP contribution in [-0.2, 0) is 0 Å². The molecule has 0 aliphatic heterocycles. The number of aromatic nitrogens is 2. The number of hydrogen-bond donors (Lipinski definition) is 0. The summed E-state index contributed by atoms with van der Waals surface area (Å²) in [7, 11) is 1.75. The molecule has 1 rings (SSSR count). The summed E-state index contributed by atoms with van der Waals surface area (Å²) in [6.45, 7) is 1.97. The highest BCUT2D eigenvalue weighted by molar-refractivity contribution is 5.19. The predicted octanol–water partition coefficient (Wildman–Crippen LogP) is 0.904. The maximum absolute atomic E-state index is 4.04. The number of allylic oxidation sites excluding steroid dienone is 1. The van der Waals surface area contributed by atoms with Gasteiger partial charge in [0.25, 0.3) is 0 Å². The fourth-order valence-electron chi connectivity index (χ4n) is 0.823. The minimum Gasteiger partial charge on any atom is -0.306 e. The molecule has 0 aromatic carbocycles. The molecule has 0 saturated heterocycles. The topological polar surface area (TPSA) is 30.2 Å². The van der Waals surface area contributed by atoms with E-state index in [1.165, 1.54) is 0 Å². The second-order valence-electron chi connectivity index (χ2n) is 2.05. The molecule has 11 heavy (non-hydrogen) atoms. The van der Waals surface area contributed by atoms with E-state index in [1.54, 1.807) is 19.4 Å². The summed E-state index contributed by atoms with van der Waals surface area (Å²) in [5.74, 6) is 0. The zero-order valence-corrected chi connectivity index (χ0v) is 6.73. The van der Waals surface area contributed by atoms with Gasteiger partial charge in [0.15, 0.2) is 0 Å². The van der Waals surface area contributed by atoms with Gasteiger partial charge in [-0.3, -0.25) is 9.98 Å². The molecule has 0 amide bonds. The fraction of sp³-hybridized carbons (Fsp3) is 0.250. The fourth-order valence-corrected chi connectivity index (χ4v) is 0.823. The third kappa shape index (κ3) is 1.77. The van der Waals surface area contributed by atoms with Crippen molar-refractivity contribution >= 4 is 6.20 Å². The number of hydrogen-bond acceptors (Lipinski definition) is 2. The lowest BCUT2D eigenvalue weighted by atomic mass is 10.6. The molecule has 0 atom stereocenters.